The Balaban J connectivity index is 1.25. The lowest BCUT2D eigenvalue weighted by atomic mass is 9.68. The van der Waals surface area contributed by atoms with Crippen molar-refractivity contribution in [3.63, 3.8) is 0 Å². The van der Waals surface area contributed by atoms with Gasteiger partial charge in [-0.2, -0.15) is 0 Å². The van der Waals surface area contributed by atoms with Crippen LogP contribution in [0, 0.1) is 11.8 Å². The number of hydrogen-bond donors (Lipinski definition) is 3. The van der Waals surface area contributed by atoms with Gasteiger partial charge in [0.1, 0.15) is 0 Å². The standard InChI is InChI=1S/C24H34N4O2/c25-23(29)16-8-13-22-21(14-16)27-24(30)28(22)18-11-9-17(10-12-18)26-20-7-3-5-15-4-1-2-6-19(15)20/h8,13-15,17-20,26H,1-7,9-12H2,(H2,25,29)(H,27,30). The lowest BCUT2D eigenvalue weighted by molar-refractivity contribution is 0.100. The van der Waals surface area contributed by atoms with Gasteiger partial charge in [0.25, 0.3) is 0 Å². The fourth-order valence-electron chi connectivity index (χ4n) is 6.60. The Kier molecular flexibility index (Phi) is 5.44. The molecule has 1 heterocycles. The van der Waals surface area contributed by atoms with Crippen molar-refractivity contribution >= 4 is 16.9 Å². The van der Waals surface area contributed by atoms with Gasteiger partial charge in [-0.3, -0.25) is 9.36 Å². The lowest BCUT2D eigenvalue weighted by Crippen LogP contribution is -2.49. The summed E-state index contributed by atoms with van der Waals surface area (Å²) in [7, 11) is 0. The Morgan fingerprint density at radius 2 is 1.77 bits per heavy atom. The quantitative estimate of drug-likeness (QED) is 0.714. The highest BCUT2D eigenvalue weighted by atomic mass is 16.1. The van der Waals surface area contributed by atoms with E-state index in [2.05, 4.69) is 10.3 Å². The number of nitrogens with two attached hydrogens (primary N) is 1. The second-order valence-corrected chi connectivity index (χ2v) is 9.81. The van der Waals surface area contributed by atoms with Crippen molar-refractivity contribution in [3.05, 3.63) is 34.2 Å². The van der Waals surface area contributed by atoms with Crippen LogP contribution in [0.5, 0.6) is 0 Å². The van der Waals surface area contributed by atoms with Crippen LogP contribution in [0.2, 0.25) is 0 Å². The molecule has 30 heavy (non-hydrogen) atoms. The Bertz CT molecular complexity index is 967. The summed E-state index contributed by atoms with van der Waals surface area (Å²) in [6, 6.07) is 6.75. The summed E-state index contributed by atoms with van der Waals surface area (Å²) in [5.74, 6) is 1.37. The summed E-state index contributed by atoms with van der Waals surface area (Å²) in [5, 5.41) is 4.05. The number of nitrogens with zero attached hydrogens (tertiary/aromatic N) is 1. The number of H-pyrrole nitrogens is 1. The molecule has 1 aromatic carbocycles. The first-order chi connectivity index (χ1) is 14.6. The van der Waals surface area contributed by atoms with Gasteiger partial charge in [0.2, 0.25) is 5.91 Å². The van der Waals surface area contributed by atoms with E-state index in [-0.39, 0.29) is 11.7 Å². The molecule has 6 nitrogen and oxygen atoms in total. The zero-order valence-corrected chi connectivity index (χ0v) is 17.7. The van der Waals surface area contributed by atoms with Crippen LogP contribution in [-0.4, -0.2) is 27.5 Å². The van der Waals surface area contributed by atoms with E-state index >= 15 is 0 Å². The van der Waals surface area contributed by atoms with Crippen molar-refractivity contribution in [1.29, 1.82) is 0 Å². The molecule has 3 unspecified atom stereocenters. The fraction of sp³-hybridized carbons (Fsp3) is 0.667. The van der Waals surface area contributed by atoms with Gasteiger partial charge in [-0.1, -0.05) is 32.1 Å². The van der Waals surface area contributed by atoms with Crippen LogP contribution >= 0.6 is 0 Å². The molecule has 6 heteroatoms. The minimum atomic E-state index is -0.472. The van der Waals surface area contributed by atoms with Crippen molar-refractivity contribution in [2.75, 3.05) is 0 Å². The van der Waals surface area contributed by atoms with Gasteiger partial charge < -0.3 is 16.0 Å². The summed E-state index contributed by atoms with van der Waals surface area (Å²) < 4.78 is 1.90. The van der Waals surface area contributed by atoms with E-state index in [9.17, 15) is 9.59 Å². The number of aromatic nitrogens is 2. The molecule has 0 aliphatic heterocycles. The molecule has 1 amide bonds. The van der Waals surface area contributed by atoms with Gasteiger partial charge in [-0.15, -0.1) is 0 Å². The molecule has 0 spiro atoms. The zero-order chi connectivity index (χ0) is 20.7. The number of primary amides is 1. The minimum Gasteiger partial charge on any atom is -0.366 e. The summed E-state index contributed by atoms with van der Waals surface area (Å²) >= 11 is 0. The maximum absolute atomic E-state index is 12.7. The molecule has 162 valence electrons. The third-order valence-electron chi connectivity index (χ3n) is 8.09. The number of carbonyl (C=O) groups is 1. The summed E-state index contributed by atoms with van der Waals surface area (Å²) in [6.45, 7) is 0. The molecule has 1 aromatic heterocycles. The molecule has 0 bridgehead atoms. The van der Waals surface area contributed by atoms with E-state index in [1.807, 2.05) is 10.6 Å². The highest BCUT2D eigenvalue weighted by Crippen LogP contribution is 2.41. The average molecular weight is 411 g/mol. The van der Waals surface area contributed by atoms with Gasteiger partial charge >= 0.3 is 5.69 Å². The fourth-order valence-corrected chi connectivity index (χ4v) is 6.60. The normalized spacial score (nSPS) is 32.1. The molecule has 2 aromatic rings. The van der Waals surface area contributed by atoms with Crippen LogP contribution < -0.4 is 16.7 Å². The van der Waals surface area contributed by atoms with Crippen molar-refractivity contribution in [1.82, 2.24) is 14.9 Å². The van der Waals surface area contributed by atoms with Crippen LogP contribution in [0.15, 0.2) is 23.0 Å². The highest BCUT2D eigenvalue weighted by Gasteiger charge is 2.36. The van der Waals surface area contributed by atoms with Gasteiger partial charge in [-0.05, 0) is 68.6 Å². The zero-order valence-electron chi connectivity index (χ0n) is 17.7. The van der Waals surface area contributed by atoms with Crippen LogP contribution in [0.3, 0.4) is 0 Å². The van der Waals surface area contributed by atoms with Gasteiger partial charge in [0, 0.05) is 23.7 Å². The third-order valence-corrected chi connectivity index (χ3v) is 8.09. The Labute approximate surface area is 177 Å². The second kappa shape index (κ2) is 8.22. The smallest absolute Gasteiger partial charge is 0.326 e. The molecule has 3 saturated carbocycles. The molecule has 0 saturated heterocycles. The molecule has 3 fully saturated rings. The largest absolute Gasteiger partial charge is 0.366 e. The SMILES string of the molecule is NC(=O)c1ccc2c(c1)[nH]c(=O)n2C1CCC(NC2CCCC3CCCCC32)CC1. The Hall–Kier alpha value is -2.08. The van der Waals surface area contributed by atoms with Crippen molar-refractivity contribution in [2.24, 2.45) is 17.6 Å². The topological polar surface area (TPSA) is 92.9 Å². The number of rotatable bonds is 4. The number of nitrogens with one attached hydrogen (secondary N) is 2. The van der Waals surface area contributed by atoms with Crippen molar-refractivity contribution in [3.8, 4) is 0 Å². The van der Waals surface area contributed by atoms with E-state index in [1.165, 1.54) is 44.9 Å². The number of benzene rings is 1. The molecular formula is C24H34N4O2. The number of imidazole rings is 1. The van der Waals surface area contributed by atoms with E-state index in [1.54, 1.807) is 12.1 Å². The van der Waals surface area contributed by atoms with Crippen LogP contribution in [0.25, 0.3) is 11.0 Å². The molecule has 0 radical (unpaired) electrons. The van der Waals surface area contributed by atoms with Crippen LogP contribution in [0.1, 0.15) is 87.0 Å². The molecule has 5 rings (SSSR count). The average Bonchev–Trinajstić information content (AvgIpc) is 3.09. The maximum Gasteiger partial charge on any atom is 0.326 e. The highest BCUT2D eigenvalue weighted by molar-refractivity contribution is 5.96. The molecular weight excluding hydrogens is 376 g/mol. The molecule has 3 aliphatic carbocycles. The Morgan fingerprint density at radius 1 is 1.00 bits per heavy atom. The predicted octanol–water partition coefficient (Wildman–Crippen LogP) is 3.86. The first-order valence-corrected chi connectivity index (χ1v) is 11.9. The molecule has 3 atom stereocenters. The molecule has 4 N–H and O–H groups in total. The van der Waals surface area contributed by atoms with Crippen LogP contribution in [0.4, 0.5) is 0 Å². The summed E-state index contributed by atoms with van der Waals surface area (Å²) in [4.78, 5) is 27.0. The van der Waals surface area contributed by atoms with E-state index in [0.29, 0.717) is 23.2 Å². The van der Waals surface area contributed by atoms with Crippen molar-refractivity contribution in [2.45, 2.75) is 88.8 Å². The number of amides is 1. The Morgan fingerprint density at radius 3 is 2.57 bits per heavy atom. The van der Waals surface area contributed by atoms with Crippen molar-refractivity contribution < 1.29 is 4.79 Å². The predicted molar refractivity (Wildman–Crippen MR) is 119 cm³/mol. The number of hydrogen-bond acceptors (Lipinski definition) is 3. The van der Waals surface area contributed by atoms with Gasteiger partial charge in [0.05, 0.1) is 11.0 Å². The first kappa shape index (κ1) is 19.9. The lowest BCUT2D eigenvalue weighted by Gasteiger charge is -2.44. The summed E-state index contributed by atoms with van der Waals surface area (Å²) in [5.41, 5.74) is 7.30. The monoisotopic (exact) mass is 410 g/mol. The van der Waals surface area contributed by atoms with Crippen LogP contribution in [-0.2, 0) is 0 Å². The third kappa shape index (κ3) is 3.70. The van der Waals surface area contributed by atoms with Gasteiger partial charge in [0.15, 0.2) is 0 Å². The van der Waals surface area contributed by atoms with Gasteiger partial charge in [-0.25, -0.2) is 4.79 Å². The van der Waals surface area contributed by atoms with E-state index < -0.39 is 5.91 Å². The second-order valence-electron chi connectivity index (χ2n) is 9.81. The number of carbonyl (C=O) groups excluding carboxylic acids is 1. The number of aromatic amines is 1. The van der Waals surface area contributed by atoms with E-state index in [0.717, 1.165) is 43.0 Å². The number of fused-ring (bicyclic) bond motifs is 2. The first-order valence-electron chi connectivity index (χ1n) is 11.9. The van der Waals surface area contributed by atoms with E-state index in [4.69, 9.17) is 5.73 Å². The molecule has 3 aliphatic rings. The maximum atomic E-state index is 12.7. The minimum absolute atomic E-state index is 0.0830. The summed E-state index contributed by atoms with van der Waals surface area (Å²) in [6.07, 6.45) is 14.1.